The highest BCUT2D eigenvalue weighted by Gasteiger charge is 1.97. The van der Waals surface area contributed by atoms with Gasteiger partial charge in [0.15, 0.2) is 5.78 Å². The topological polar surface area (TPSA) is 43.4 Å². The molecule has 0 saturated carbocycles. The first kappa shape index (κ1) is 12.6. The minimum atomic E-state index is -0.396. The van der Waals surface area contributed by atoms with Crippen LogP contribution in [-0.4, -0.2) is 18.4 Å². The van der Waals surface area contributed by atoms with E-state index in [2.05, 4.69) is 13.2 Å². The van der Waals surface area contributed by atoms with Crippen LogP contribution < -0.4 is 0 Å². The van der Waals surface area contributed by atoms with Gasteiger partial charge in [0.25, 0.3) is 0 Å². The zero-order chi connectivity index (χ0) is 10.8. The van der Waals surface area contributed by atoms with Crippen LogP contribution in [0.2, 0.25) is 0 Å². The average molecular weight is 196 g/mol. The van der Waals surface area contributed by atoms with E-state index in [1.807, 2.05) is 0 Å². The molecule has 0 rings (SSSR count). The van der Waals surface area contributed by atoms with Gasteiger partial charge >= 0.3 is 5.97 Å². The largest absolute Gasteiger partial charge is 0.463 e. The molecule has 0 bridgehead atoms. The molecule has 0 atom stereocenters. The Hall–Kier alpha value is -1.38. The molecule has 0 amide bonds. The van der Waals surface area contributed by atoms with E-state index in [-0.39, 0.29) is 5.78 Å². The Morgan fingerprint density at radius 2 is 1.79 bits per heavy atom. The number of unbranched alkanes of at least 4 members (excludes halogenated alkanes) is 2. The molecule has 0 aromatic carbocycles. The fraction of sp³-hybridized carbons (Fsp3) is 0.455. The molecule has 3 nitrogen and oxygen atoms in total. The highest BCUT2D eigenvalue weighted by molar-refractivity contribution is 5.88. The van der Waals surface area contributed by atoms with E-state index < -0.39 is 5.97 Å². The molecule has 0 N–H and O–H groups in total. The van der Waals surface area contributed by atoms with E-state index >= 15 is 0 Å². The molecule has 0 fully saturated rings. The van der Waals surface area contributed by atoms with Gasteiger partial charge in [-0.2, -0.15) is 0 Å². The number of rotatable bonds is 8. The average Bonchev–Trinajstić information content (AvgIpc) is 2.22. The van der Waals surface area contributed by atoms with E-state index in [0.29, 0.717) is 13.0 Å². The fourth-order valence-corrected chi connectivity index (χ4v) is 0.912. The van der Waals surface area contributed by atoms with Gasteiger partial charge in [0.1, 0.15) is 0 Å². The Morgan fingerprint density at radius 1 is 1.07 bits per heavy atom. The number of esters is 1. The van der Waals surface area contributed by atoms with Crippen LogP contribution in [-0.2, 0) is 14.3 Å². The second-order valence-electron chi connectivity index (χ2n) is 2.85. The lowest BCUT2D eigenvalue weighted by Crippen LogP contribution is -2.01. The maximum atomic E-state index is 10.8. The van der Waals surface area contributed by atoms with Crippen molar-refractivity contribution in [3.63, 3.8) is 0 Å². The highest BCUT2D eigenvalue weighted by atomic mass is 16.5. The maximum Gasteiger partial charge on any atom is 0.330 e. The van der Waals surface area contributed by atoms with Gasteiger partial charge < -0.3 is 4.74 Å². The predicted octanol–water partition coefficient (Wildman–Crippen LogP) is 2.03. The Labute approximate surface area is 84.4 Å². The third kappa shape index (κ3) is 7.28. The molecular weight excluding hydrogens is 180 g/mol. The lowest BCUT2D eigenvalue weighted by molar-refractivity contribution is -0.137. The predicted molar refractivity (Wildman–Crippen MR) is 54.8 cm³/mol. The van der Waals surface area contributed by atoms with Crippen LogP contribution >= 0.6 is 0 Å². The van der Waals surface area contributed by atoms with Crippen molar-refractivity contribution in [3.05, 3.63) is 25.3 Å². The quantitative estimate of drug-likeness (QED) is 0.339. The molecule has 78 valence electrons. The monoisotopic (exact) mass is 196 g/mol. The summed E-state index contributed by atoms with van der Waals surface area (Å²) in [6.07, 6.45) is 5.47. The number of allylic oxidation sites excluding steroid dienone is 1. The van der Waals surface area contributed by atoms with Crippen molar-refractivity contribution >= 4 is 11.8 Å². The molecule has 0 radical (unpaired) electrons. The third-order valence-corrected chi connectivity index (χ3v) is 1.71. The number of hydrogen-bond acceptors (Lipinski definition) is 3. The summed E-state index contributed by atoms with van der Waals surface area (Å²) in [7, 11) is 0. The standard InChI is InChI=1S/C11H16O3/c1-3-10(12)8-6-5-7-9-14-11(13)4-2/h3-4H,1-2,5-9H2. The Kier molecular flexibility index (Phi) is 7.42. The first-order valence-electron chi connectivity index (χ1n) is 4.65. The lowest BCUT2D eigenvalue weighted by atomic mass is 10.1. The minimum absolute atomic E-state index is 0.0630. The summed E-state index contributed by atoms with van der Waals surface area (Å²) in [5, 5.41) is 0. The lowest BCUT2D eigenvalue weighted by Gasteiger charge is -2.00. The molecule has 14 heavy (non-hydrogen) atoms. The maximum absolute atomic E-state index is 10.8. The van der Waals surface area contributed by atoms with Crippen molar-refractivity contribution in [2.45, 2.75) is 25.7 Å². The molecule has 0 saturated heterocycles. The van der Waals surface area contributed by atoms with Gasteiger partial charge in [-0.1, -0.05) is 13.2 Å². The summed E-state index contributed by atoms with van der Waals surface area (Å²) < 4.78 is 4.76. The summed E-state index contributed by atoms with van der Waals surface area (Å²) in [4.78, 5) is 21.4. The first-order valence-corrected chi connectivity index (χ1v) is 4.65. The summed E-state index contributed by atoms with van der Waals surface area (Å²) in [5.41, 5.74) is 0. The summed E-state index contributed by atoms with van der Waals surface area (Å²) in [5.74, 6) is -0.333. The van der Waals surface area contributed by atoms with Gasteiger partial charge in [0, 0.05) is 12.5 Å². The number of ketones is 1. The number of ether oxygens (including phenoxy) is 1. The van der Waals surface area contributed by atoms with Crippen LogP contribution in [0.5, 0.6) is 0 Å². The van der Waals surface area contributed by atoms with Crippen molar-refractivity contribution in [3.8, 4) is 0 Å². The van der Waals surface area contributed by atoms with Gasteiger partial charge in [-0.3, -0.25) is 4.79 Å². The summed E-state index contributed by atoms with van der Waals surface area (Å²) >= 11 is 0. The van der Waals surface area contributed by atoms with Crippen molar-refractivity contribution < 1.29 is 14.3 Å². The Balaban J connectivity index is 3.21. The molecule has 0 aromatic heterocycles. The van der Waals surface area contributed by atoms with Crippen LogP contribution in [0.25, 0.3) is 0 Å². The second-order valence-corrected chi connectivity index (χ2v) is 2.85. The van der Waals surface area contributed by atoms with Crippen LogP contribution in [0.15, 0.2) is 25.3 Å². The van der Waals surface area contributed by atoms with Crippen LogP contribution in [0.3, 0.4) is 0 Å². The minimum Gasteiger partial charge on any atom is -0.463 e. The third-order valence-electron chi connectivity index (χ3n) is 1.71. The smallest absolute Gasteiger partial charge is 0.330 e. The number of carbonyl (C=O) groups excluding carboxylic acids is 2. The molecular formula is C11H16O3. The zero-order valence-corrected chi connectivity index (χ0v) is 8.33. The molecule has 0 aliphatic rings. The van der Waals surface area contributed by atoms with Crippen LogP contribution in [0.4, 0.5) is 0 Å². The summed E-state index contributed by atoms with van der Waals surface area (Å²) in [6.45, 7) is 7.06. The van der Waals surface area contributed by atoms with E-state index in [4.69, 9.17) is 4.74 Å². The van der Waals surface area contributed by atoms with Gasteiger partial charge in [-0.25, -0.2) is 4.79 Å². The van der Waals surface area contributed by atoms with Gasteiger partial charge in [0.2, 0.25) is 0 Å². The molecule has 0 aliphatic heterocycles. The van der Waals surface area contributed by atoms with Gasteiger partial charge in [-0.15, -0.1) is 0 Å². The second kappa shape index (κ2) is 8.23. The van der Waals surface area contributed by atoms with E-state index in [1.165, 1.54) is 6.08 Å². The fourth-order valence-electron chi connectivity index (χ4n) is 0.912. The van der Waals surface area contributed by atoms with Crippen molar-refractivity contribution in [2.24, 2.45) is 0 Å². The number of carbonyl (C=O) groups is 2. The highest BCUT2D eigenvalue weighted by Crippen LogP contribution is 2.01. The van der Waals surface area contributed by atoms with Crippen molar-refractivity contribution in [2.75, 3.05) is 6.61 Å². The zero-order valence-electron chi connectivity index (χ0n) is 8.33. The normalized spacial score (nSPS) is 9.14. The summed E-state index contributed by atoms with van der Waals surface area (Å²) in [6, 6.07) is 0. The first-order chi connectivity index (χ1) is 6.70. The van der Waals surface area contributed by atoms with Gasteiger partial charge in [-0.05, 0) is 25.3 Å². The molecule has 0 aromatic rings. The SMILES string of the molecule is C=CC(=O)CCCCCOC(=O)C=C. The van der Waals surface area contributed by atoms with Crippen LogP contribution in [0.1, 0.15) is 25.7 Å². The Bertz CT molecular complexity index is 195. The molecule has 0 unspecified atom stereocenters. The van der Waals surface area contributed by atoms with E-state index in [0.717, 1.165) is 25.3 Å². The van der Waals surface area contributed by atoms with E-state index in [1.54, 1.807) is 0 Å². The molecule has 0 heterocycles. The van der Waals surface area contributed by atoms with Gasteiger partial charge in [0.05, 0.1) is 6.61 Å². The molecule has 0 spiro atoms. The van der Waals surface area contributed by atoms with E-state index in [9.17, 15) is 9.59 Å². The molecule has 3 heteroatoms. The Morgan fingerprint density at radius 3 is 2.36 bits per heavy atom. The number of hydrogen-bond donors (Lipinski definition) is 0. The van der Waals surface area contributed by atoms with Crippen molar-refractivity contribution in [1.82, 2.24) is 0 Å². The van der Waals surface area contributed by atoms with Crippen molar-refractivity contribution in [1.29, 1.82) is 0 Å². The molecule has 0 aliphatic carbocycles. The van der Waals surface area contributed by atoms with Crippen LogP contribution in [0, 0.1) is 0 Å².